The Balaban J connectivity index is 2.08. The first-order chi connectivity index (χ1) is 7.24. The van der Waals surface area contributed by atoms with Crippen LogP contribution in [0.3, 0.4) is 0 Å². The second-order valence-corrected chi connectivity index (χ2v) is 4.59. The quantitative estimate of drug-likeness (QED) is 0.678. The molecule has 0 aromatic carbocycles. The lowest BCUT2D eigenvalue weighted by molar-refractivity contribution is -0.0486. The first kappa shape index (κ1) is 12.9. The Morgan fingerprint density at radius 3 is 2.87 bits per heavy atom. The van der Waals surface area contributed by atoms with Crippen molar-refractivity contribution in [3.05, 3.63) is 0 Å². The summed E-state index contributed by atoms with van der Waals surface area (Å²) in [6, 6.07) is 0.578. The summed E-state index contributed by atoms with van der Waals surface area (Å²) in [5.74, 6) is 0. The second-order valence-electron chi connectivity index (χ2n) is 4.59. The van der Waals surface area contributed by atoms with Crippen LogP contribution in [0, 0.1) is 0 Å². The summed E-state index contributed by atoms with van der Waals surface area (Å²) in [6.45, 7) is 12.0. The molecule has 0 amide bonds. The third kappa shape index (κ3) is 4.96. The zero-order valence-corrected chi connectivity index (χ0v) is 10.5. The molecule has 0 saturated carbocycles. The Hall–Kier alpha value is -0.120. The minimum Gasteiger partial charge on any atom is -0.376 e. The Labute approximate surface area is 94.2 Å². The number of rotatable bonds is 6. The van der Waals surface area contributed by atoms with Crippen LogP contribution in [0.2, 0.25) is 0 Å². The van der Waals surface area contributed by atoms with Gasteiger partial charge in [0.15, 0.2) is 0 Å². The minimum atomic E-state index is 0.400. The maximum atomic E-state index is 5.60. The molecule has 1 fully saturated rings. The Morgan fingerprint density at radius 1 is 1.33 bits per heavy atom. The number of hydrogen-bond donors (Lipinski definition) is 1. The van der Waals surface area contributed by atoms with Crippen molar-refractivity contribution in [1.29, 1.82) is 0 Å². The van der Waals surface area contributed by atoms with Gasteiger partial charge in [-0.25, -0.2) is 0 Å². The molecule has 0 aromatic rings. The monoisotopic (exact) mass is 214 g/mol. The van der Waals surface area contributed by atoms with Gasteiger partial charge in [-0.2, -0.15) is 0 Å². The molecule has 0 radical (unpaired) electrons. The minimum absolute atomic E-state index is 0.400. The predicted octanol–water partition coefficient (Wildman–Crippen LogP) is 1.49. The summed E-state index contributed by atoms with van der Waals surface area (Å²) in [5, 5.41) is 3.49. The van der Waals surface area contributed by atoms with Crippen molar-refractivity contribution in [2.45, 2.75) is 45.8 Å². The van der Waals surface area contributed by atoms with Crippen molar-refractivity contribution in [1.82, 2.24) is 10.2 Å². The Bertz CT molecular complexity index is 164. The van der Waals surface area contributed by atoms with E-state index in [0.29, 0.717) is 12.1 Å². The van der Waals surface area contributed by atoms with Gasteiger partial charge in [0.05, 0.1) is 12.7 Å². The van der Waals surface area contributed by atoms with Gasteiger partial charge >= 0.3 is 0 Å². The normalized spacial score (nSPS) is 28.2. The van der Waals surface area contributed by atoms with Crippen LogP contribution in [0.5, 0.6) is 0 Å². The van der Waals surface area contributed by atoms with E-state index in [1.807, 2.05) is 0 Å². The van der Waals surface area contributed by atoms with E-state index in [1.54, 1.807) is 0 Å². The molecule has 1 saturated heterocycles. The summed E-state index contributed by atoms with van der Waals surface area (Å²) in [7, 11) is 0. The summed E-state index contributed by atoms with van der Waals surface area (Å²) in [4.78, 5) is 2.52. The highest BCUT2D eigenvalue weighted by molar-refractivity contribution is 4.75. The topological polar surface area (TPSA) is 24.5 Å². The average molecular weight is 214 g/mol. The van der Waals surface area contributed by atoms with Gasteiger partial charge in [-0.1, -0.05) is 13.3 Å². The molecule has 1 rings (SSSR count). The third-order valence-electron chi connectivity index (χ3n) is 3.02. The van der Waals surface area contributed by atoms with Crippen LogP contribution < -0.4 is 5.32 Å². The first-order valence-corrected chi connectivity index (χ1v) is 6.30. The SMILES string of the molecule is CCCCNCCN1CC(C)OCC1C. The number of ether oxygens (including phenoxy) is 1. The van der Waals surface area contributed by atoms with Gasteiger partial charge in [0.1, 0.15) is 0 Å². The molecule has 2 atom stereocenters. The lowest BCUT2D eigenvalue weighted by Gasteiger charge is -2.36. The van der Waals surface area contributed by atoms with E-state index < -0.39 is 0 Å². The van der Waals surface area contributed by atoms with Gasteiger partial charge in [-0.3, -0.25) is 4.90 Å². The Morgan fingerprint density at radius 2 is 2.13 bits per heavy atom. The highest BCUT2D eigenvalue weighted by Crippen LogP contribution is 2.09. The van der Waals surface area contributed by atoms with Crippen LogP contribution in [0.25, 0.3) is 0 Å². The molecule has 2 unspecified atom stereocenters. The van der Waals surface area contributed by atoms with E-state index in [9.17, 15) is 0 Å². The van der Waals surface area contributed by atoms with E-state index >= 15 is 0 Å². The molecule has 0 spiro atoms. The maximum absolute atomic E-state index is 5.60. The van der Waals surface area contributed by atoms with Crippen LogP contribution in [0.1, 0.15) is 33.6 Å². The molecule has 90 valence electrons. The number of unbranched alkanes of at least 4 members (excludes halogenated alkanes) is 1. The van der Waals surface area contributed by atoms with Crippen LogP contribution in [-0.2, 0) is 4.74 Å². The summed E-state index contributed by atoms with van der Waals surface area (Å²) in [5.41, 5.74) is 0. The maximum Gasteiger partial charge on any atom is 0.0674 e. The second kappa shape index (κ2) is 7.20. The fourth-order valence-electron chi connectivity index (χ4n) is 1.93. The molecule has 3 nitrogen and oxygen atoms in total. The summed E-state index contributed by atoms with van der Waals surface area (Å²) < 4.78 is 5.60. The number of morpholine rings is 1. The molecule has 0 bridgehead atoms. The van der Waals surface area contributed by atoms with Gasteiger partial charge < -0.3 is 10.1 Å². The summed E-state index contributed by atoms with van der Waals surface area (Å²) in [6.07, 6.45) is 2.96. The van der Waals surface area contributed by atoms with E-state index in [1.165, 1.54) is 12.8 Å². The number of nitrogens with one attached hydrogen (secondary N) is 1. The van der Waals surface area contributed by atoms with Crippen molar-refractivity contribution >= 4 is 0 Å². The van der Waals surface area contributed by atoms with Crippen LogP contribution in [0.4, 0.5) is 0 Å². The zero-order valence-electron chi connectivity index (χ0n) is 10.5. The van der Waals surface area contributed by atoms with E-state index in [0.717, 1.165) is 32.8 Å². The van der Waals surface area contributed by atoms with Gasteiger partial charge in [0.25, 0.3) is 0 Å². The zero-order chi connectivity index (χ0) is 11.1. The largest absolute Gasteiger partial charge is 0.376 e. The molecular formula is C12H26N2O. The molecule has 1 N–H and O–H groups in total. The first-order valence-electron chi connectivity index (χ1n) is 6.30. The average Bonchev–Trinajstić information content (AvgIpc) is 2.23. The third-order valence-corrected chi connectivity index (χ3v) is 3.02. The predicted molar refractivity (Wildman–Crippen MR) is 64.2 cm³/mol. The van der Waals surface area contributed by atoms with Crippen molar-refractivity contribution in [3.8, 4) is 0 Å². The molecule has 1 aliphatic heterocycles. The summed E-state index contributed by atoms with van der Waals surface area (Å²) >= 11 is 0. The van der Waals surface area contributed by atoms with Crippen LogP contribution in [-0.4, -0.2) is 49.8 Å². The highest BCUT2D eigenvalue weighted by Gasteiger charge is 2.22. The van der Waals surface area contributed by atoms with E-state index in [-0.39, 0.29) is 0 Å². The van der Waals surface area contributed by atoms with Crippen LogP contribution in [0.15, 0.2) is 0 Å². The fourth-order valence-corrected chi connectivity index (χ4v) is 1.93. The van der Waals surface area contributed by atoms with Gasteiger partial charge in [-0.05, 0) is 26.8 Å². The van der Waals surface area contributed by atoms with Crippen molar-refractivity contribution in [2.75, 3.05) is 32.8 Å². The highest BCUT2D eigenvalue weighted by atomic mass is 16.5. The standard InChI is InChI=1S/C12H26N2O/c1-4-5-6-13-7-8-14-9-12(3)15-10-11(14)2/h11-13H,4-10H2,1-3H3. The van der Waals surface area contributed by atoms with Gasteiger partial charge in [0.2, 0.25) is 0 Å². The molecule has 0 aromatic heterocycles. The van der Waals surface area contributed by atoms with Crippen molar-refractivity contribution in [3.63, 3.8) is 0 Å². The van der Waals surface area contributed by atoms with Crippen molar-refractivity contribution in [2.24, 2.45) is 0 Å². The molecule has 3 heteroatoms. The molecule has 15 heavy (non-hydrogen) atoms. The van der Waals surface area contributed by atoms with E-state index in [2.05, 4.69) is 31.0 Å². The molecule has 1 aliphatic rings. The van der Waals surface area contributed by atoms with Crippen molar-refractivity contribution < 1.29 is 4.74 Å². The lowest BCUT2D eigenvalue weighted by Crippen LogP contribution is -2.49. The molecular weight excluding hydrogens is 188 g/mol. The number of hydrogen-bond acceptors (Lipinski definition) is 3. The van der Waals surface area contributed by atoms with E-state index in [4.69, 9.17) is 4.74 Å². The molecule has 1 heterocycles. The smallest absolute Gasteiger partial charge is 0.0674 e. The van der Waals surface area contributed by atoms with Crippen LogP contribution >= 0.6 is 0 Å². The number of nitrogens with zero attached hydrogens (tertiary/aromatic N) is 1. The lowest BCUT2D eigenvalue weighted by atomic mass is 10.2. The van der Waals surface area contributed by atoms with Gasteiger partial charge in [-0.15, -0.1) is 0 Å². The molecule has 0 aliphatic carbocycles. The van der Waals surface area contributed by atoms with Gasteiger partial charge in [0, 0.05) is 25.7 Å². The fraction of sp³-hybridized carbons (Fsp3) is 1.00. The Kier molecular flexibility index (Phi) is 6.22.